The van der Waals surface area contributed by atoms with Crippen molar-refractivity contribution in [1.29, 1.82) is 0 Å². The van der Waals surface area contributed by atoms with Gasteiger partial charge in [-0.25, -0.2) is 19.5 Å². The summed E-state index contributed by atoms with van der Waals surface area (Å²) in [5.74, 6) is -0.206. The highest BCUT2D eigenvalue weighted by atomic mass is 19.4. The van der Waals surface area contributed by atoms with Crippen molar-refractivity contribution < 1.29 is 22.8 Å². The first-order valence-corrected chi connectivity index (χ1v) is 9.57. The molecule has 0 bridgehead atoms. The van der Waals surface area contributed by atoms with Crippen molar-refractivity contribution in [2.24, 2.45) is 0 Å². The number of ketones is 1. The highest BCUT2D eigenvalue weighted by Gasteiger charge is 2.32. The average molecular weight is 455 g/mol. The molecule has 4 aromatic rings. The van der Waals surface area contributed by atoms with E-state index in [0.717, 1.165) is 6.07 Å². The zero-order chi connectivity index (χ0) is 23.8. The number of anilines is 3. The summed E-state index contributed by atoms with van der Waals surface area (Å²) in [5, 5.41) is 9.83. The SMILES string of the molecule is CC(=O)Nc1cc(Nc2nc(-c3cccc(C(F)(F)F)n3)nn3ccc(C(C)=O)c23)ccn1. The maximum absolute atomic E-state index is 13.1. The summed E-state index contributed by atoms with van der Waals surface area (Å²) in [6, 6.07) is 8.10. The first-order chi connectivity index (χ1) is 15.6. The highest BCUT2D eigenvalue weighted by Crippen LogP contribution is 2.30. The lowest BCUT2D eigenvalue weighted by atomic mass is 10.2. The molecule has 4 aromatic heterocycles. The van der Waals surface area contributed by atoms with Crippen LogP contribution in [0.1, 0.15) is 29.9 Å². The van der Waals surface area contributed by atoms with Gasteiger partial charge in [-0.05, 0) is 31.2 Å². The van der Waals surface area contributed by atoms with Gasteiger partial charge < -0.3 is 10.6 Å². The maximum Gasteiger partial charge on any atom is 0.433 e. The van der Waals surface area contributed by atoms with E-state index in [9.17, 15) is 22.8 Å². The van der Waals surface area contributed by atoms with Gasteiger partial charge in [0.1, 0.15) is 22.7 Å². The third kappa shape index (κ3) is 4.63. The third-order valence-corrected chi connectivity index (χ3v) is 4.49. The van der Waals surface area contributed by atoms with Gasteiger partial charge in [-0.15, -0.1) is 5.10 Å². The number of nitrogens with zero attached hydrogens (tertiary/aromatic N) is 5. The molecule has 2 N–H and O–H groups in total. The monoisotopic (exact) mass is 455 g/mol. The Morgan fingerprint density at radius 1 is 1.06 bits per heavy atom. The fourth-order valence-electron chi connectivity index (χ4n) is 3.12. The van der Waals surface area contributed by atoms with Crippen LogP contribution in [0.5, 0.6) is 0 Å². The summed E-state index contributed by atoms with van der Waals surface area (Å²) in [6.45, 7) is 2.71. The topological polar surface area (TPSA) is 114 Å². The number of halogens is 3. The minimum atomic E-state index is -4.63. The van der Waals surface area contributed by atoms with Crippen molar-refractivity contribution in [3.63, 3.8) is 0 Å². The summed E-state index contributed by atoms with van der Waals surface area (Å²) in [6.07, 6.45) is -1.68. The lowest BCUT2D eigenvalue weighted by Gasteiger charge is -2.12. The molecule has 0 saturated heterocycles. The van der Waals surface area contributed by atoms with Crippen LogP contribution < -0.4 is 10.6 Å². The van der Waals surface area contributed by atoms with E-state index in [1.54, 1.807) is 12.1 Å². The van der Waals surface area contributed by atoms with E-state index in [1.807, 2.05) is 0 Å². The van der Waals surface area contributed by atoms with Gasteiger partial charge in [-0.3, -0.25) is 9.59 Å². The molecular weight excluding hydrogens is 439 g/mol. The summed E-state index contributed by atoms with van der Waals surface area (Å²) in [4.78, 5) is 35.5. The molecule has 4 rings (SSSR count). The first kappa shape index (κ1) is 21.9. The van der Waals surface area contributed by atoms with Crippen molar-refractivity contribution in [1.82, 2.24) is 24.6 Å². The molecule has 0 saturated carbocycles. The van der Waals surface area contributed by atoms with E-state index >= 15 is 0 Å². The van der Waals surface area contributed by atoms with Crippen LogP contribution >= 0.6 is 0 Å². The second kappa shape index (κ2) is 8.30. The number of hydrogen-bond acceptors (Lipinski definition) is 7. The molecule has 0 aromatic carbocycles. The standard InChI is InChI=1S/C21H16F3N7O2/c1-11(32)14-7-9-31-18(14)20(27-13-6-8-25-17(10-13)26-12(2)33)29-19(30-31)15-4-3-5-16(28-15)21(22,23)24/h3-10H,1-2H3,(H2,25,26,27,29,30,33). The number of aromatic nitrogens is 5. The summed E-state index contributed by atoms with van der Waals surface area (Å²) in [7, 11) is 0. The fourth-order valence-corrected chi connectivity index (χ4v) is 3.12. The number of fused-ring (bicyclic) bond motifs is 1. The predicted octanol–water partition coefficient (Wildman–Crippen LogP) is 4.11. The summed E-state index contributed by atoms with van der Waals surface area (Å²) in [5.41, 5.74) is -0.0629. The molecule has 4 heterocycles. The molecule has 0 unspecified atom stereocenters. The Balaban J connectivity index is 1.85. The maximum atomic E-state index is 13.1. The van der Waals surface area contributed by atoms with Crippen LogP contribution in [0.25, 0.3) is 17.0 Å². The zero-order valence-electron chi connectivity index (χ0n) is 17.3. The molecule has 0 fully saturated rings. The van der Waals surface area contributed by atoms with Crippen LogP contribution in [0.4, 0.5) is 30.5 Å². The van der Waals surface area contributed by atoms with Gasteiger partial charge in [0.05, 0.1) is 0 Å². The van der Waals surface area contributed by atoms with Gasteiger partial charge in [0.25, 0.3) is 0 Å². The largest absolute Gasteiger partial charge is 0.433 e. The van der Waals surface area contributed by atoms with E-state index in [2.05, 4.69) is 30.7 Å². The number of hydrogen-bond donors (Lipinski definition) is 2. The number of pyridine rings is 2. The molecule has 0 radical (unpaired) electrons. The lowest BCUT2D eigenvalue weighted by Crippen LogP contribution is -2.10. The zero-order valence-corrected chi connectivity index (χ0v) is 17.3. The summed E-state index contributed by atoms with van der Waals surface area (Å²) >= 11 is 0. The summed E-state index contributed by atoms with van der Waals surface area (Å²) < 4.78 is 40.7. The molecule has 0 spiro atoms. The molecule has 33 heavy (non-hydrogen) atoms. The number of Topliss-reactive ketones (excluding diaryl/α,β-unsaturated/α-hetero) is 1. The van der Waals surface area contributed by atoms with E-state index in [4.69, 9.17) is 0 Å². The number of amides is 1. The normalized spacial score (nSPS) is 11.4. The molecule has 9 nitrogen and oxygen atoms in total. The second-order valence-corrected chi connectivity index (χ2v) is 7.00. The number of alkyl halides is 3. The van der Waals surface area contributed by atoms with Crippen LogP contribution in [-0.2, 0) is 11.0 Å². The quantitative estimate of drug-likeness (QED) is 0.435. The van der Waals surface area contributed by atoms with Gasteiger partial charge >= 0.3 is 6.18 Å². The van der Waals surface area contributed by atoms with Gasteiger partial charge in [-0.1, -0.05) is 6.07 Å². The van der Waals surface area contributed by atoms with Gasteiger partial charge in [0, 0.05) is 36.6 Å². The lowest BCUT2D eigenvalue weighted by molar-refractivity contribution is -0.141. The Kier molecular flexibility index (Phi) is 5.50. The first-order valence-electron chi connectivity index (χ1n) is 9.57. The molecule has 0 aliphatic rings. The number of carbonyl (C=O) groups excluding carboxylic acids is 2. The number of carbonyl (C=O) groups is 2. The van der Waals surface area contributed by atoms with E-state index in [0.29, 0.717) is 16.8 Å². The fraction of sp³-hybridized carbons (Fsp3) is 0.143. The van der Waals surface area contributed by atoms with Crippen molar-refractivity contribution in [3.8, 4) is 11.5 Å². The predicted molar refractivity (Wildman–Crippen MR) is 113 cm³/mol. The minimum absolute atomic E-state index is 0.0852. The molecular formula is C21H16F3N7O2. The van der Waals surface area contributed by atoms with Crippen LogP contribution in [-0.4, -0.2) is 36.3 Å². The van der Waals surface area contributed by atoms with Crippen molar-refractivity contribution in [2.45, 2.75) is 20.0 Å². The van der Waals surface area contributed by atoms with Gasteiger partial charge in [0.15, 0.2) is 11.6 Å². The van der Waals surface area contributed by atoms with E-state index in [1.165, 1.54) is 49.0 Å². The Bertz CT molecular complexity index is 1380. The Morgan fingerprint density at radius 2 is 1.85 bits per heavy atom. The van der Waals surface area contributed by atoms with Crippen molar-refractivity contribution >= 4 is 34.5 Å². The van der Waals surface area contributed by atoms with Crippen molar-refractivity contribution in [2.75, 3.05) is 10.6 Å². The van der Waals surface area contributed by atoms with Gasteiger partial charge in [-0.2, -0.15) is 13.2 Å². The van der Waals surface area contributed by atoms with Crippen LogP contribution in [0.2, 0.25) is 0 Å². The Hall–Kier alpha value is -4.35. The van der Waals surface area contributed by atoms with Crippen LogP contribution in [0, 0.1) is 0 Å². The molecule has 1 amide bonds. The Morgan fingerprint density at radius 3 is 2.55 bits per heavy atom. The van der Waals surface area contributed by atoms with E-state index in [-0.39, 0.29) is 34.8 Å². The molecule has 12 heteroatoms. The molecule has 0 aliphatic heterocycles. The van der Waals surface area contributed by atoms with E-state index < -0.39 is 11.9 Å². The number of nitrogens with one attached hydrogen (secondary N) is 2. The van der Waals surface area contributed by atoms with Crippen LogP contribution in [0.15, 0.2) is 48.8 Å². The number of rotatable bonds is 5. The molecule has 0 atom stereocenters. The molecule has 168 valence electrons. The Labute approximate surface area is 184 Å². The smallest absolute Gasteiger partial charge is 0.338 e. The van der Waals surface area contributed by atoms with Crippen molar-refractivity contribution in [3.05, 3.63) is 60.0 Å². The highest BCUT2D eigenvalue weighted by molar-refractivity contribution is 6.04. The van der Waals surface area contributed by atoms with Crippen LogP contribution in [0.3, 0.4) is 0 Å². The average Bonchev–Trinajstić information content (AvgIpc) is 3.18. The molecule has 0 aliphatic carbocycles. The minimum Gasteiger partial charge on any atom is -0.338 e. The third-order valence-electron chi connectivity index (χ3n) is 4.49. The second-order valence-electron chi connectivity index (χ2n) is 7.00. The van der Waals surface area contributed by atoms with Gasteiger partial charge in [0.2, 0.25) is 11.7 Å².